The van der Waals surface area contributed by atoms with Crippen molar-refractivity contribution in [3.05, 3.63) is 48.4 Å². The van der Waals surface area contributed by atoms with E-state index in [-0.39, 0.29) is 5.78 Å². The van der Waals surface area contributed by atoms with Gasteiger partial charge in [-0.3, -0.25) is 4.79 Å². The predicted molar refractivity (Wildman–Crippen MR) is 114 cm³/mol. The molecule has 146 valence electrons. The normalized spacial score (nSPS) is 23.4. The molecule has 0 saturated carbocycles. The molecule has 1 aliphatic carbocycles. The smallest absolute Gasteiger partial charge is 0.179 e. The van der Waals surface area contributed by atoms with E-state index in [1.54, 1.807) is 6.20 Å². The molecule has 0 radical (unpaired) electrons. The van der Waals surface area contributed by atoms with Crippen LogP contribution in [0.4, 0.5) is 0 Å². The zero-order valence-electron chi connectivity index (χ0n) is 17.7. The number of carbonyl (C=O) groups excluding carboxylic acids is 1. The standard InChI is InChI=1S/C24H39NO/c1-8-22-20(6)19(5)21(17-23(26)24(22)25(7)9-2)16-14-12-10-11-13-15-18(3)4/h8-9,15,19-21H,1-2,10-14,16-17H2,3-7H3. The Morgan fingerprint density at radius 1 is 1.15 bits per heavy atom. The number of allylic oxidation sites excluding steroid dienone is 5. The van der Waals surface area contributed by atoms with Crippen molar-refractivity contribution in [1.29, 1.82) is 0 Å². The molecule has 0 saturated heterocycles. The van der Waals surface area contributed by atoms with Gasteiger partial charge in [0.15, 0.2) is 5.78 Å². The van der Waals surface area contributed by atoms with Gasteiger partial charge in [-0.2, -0.15) is 0 Å². The van der Waals surface area contributed by atoms with Crippen molar-refractivity contribution in [2.24, 2.45) is 17.8 Å². The number of Topliss-reactive ketones (excluding diaryl/α,β-unsaturated/α-hetero) is 1. The molecule has 0 aromatic heterocycles. The largest absolute Gasteiger partial charge is 0.349 e. The first-order chi connectivity index (χ1) is 12.3. The molecule has 2 nitrogen and oxygen atoms in total. The number of rotatable bonds is 10. The summed E-state index contributed by atoms with van der Waals surface area (Å²) in [6.45, 7) is 16.7. The quantitative estimate of drug-likeness (QED) is 0.321. The highest BCUT2D eigenvalue weighted by atomic mass is 16.1. The molecular formula is C24H39NO. The van der Waals surface area contributed by atoms with Crippen LogP contribution in [-0.2, 0) is 4.79 Å². The molecule has 0 amide bonds. The monoisotopic (exact) mass is 357 g/mol. The van der Waals surface area contributed by atoms with Crippen LogP contribution >= 0.6 is 0 Å². The van der Waals surface area contributed by atoms with Crippen LogP contribution in [0.25, 0.3) is 0 Å². The van der Waals surface area contributed by atoms with Gasteiger partial charge in [0.2, 0.25) is 0 Å². The van der Waals surface area contributed by atoms with E-state index >= 15 is 0 Å². The Hall–Kier alpha value is -1.57. The van der Waals surface area contributed by atoms with Crippen LogP contribution in [0.15, 0.2) is 48.4 Å². The van der Waals surface area contributed by atoms with Gasteiger partial charge in [-0.1, -0.05) is 64.0 Å². The van der Waals surface area contributed by atoms with Gasteiger partial charge in [0, 0.05) is 13.5 Å². The summed E-state index contributed by atoms with van der Waals surface area (Å²) < 4.78 is 0. The van der Waals surface area contributed by atoms with Gasteiger partial charge < -0.3 is 4.90 Å². The van der Waals surface area contributed by atoms with Crippen molar-refractivity contribution in [2.45, 2.75) is 72.6 Å². The number of unbranched alkanes of at least 4 members (excludes halogenated alkanes) is 4. The topological polar surface area (TPSA) is 20.3 Å². The summed E-state index contributed by atoms with van der Waals surface area (Å²) in [5.41, 5.74) is 3.28. The maximum absolute atomic E-state index is 12.9. The van der Waals surface area contributed by atoms with Crippen LogP contribution in [-0.4, -0.2) is 17.7 Å². The van der Waals surface area contributed by atoms with Gasteiger partial charge in [0.05, 0.1) is 5.70 Å². The molecule has 0 aromatic rings. The van der Waals surface area contributed by atoms with E-state index in [9.17, 15) is 4.79 Å². The molecule has 0 N–H and O–H groups in total. The average Bonchev–Trinajstić information content (AvgIpc) is 2.69. The second-order valence-electron chi connectivity index (χ2n) is 8.11. The Morgan fingerprint density at radius 2 is 1.81 bits per heavy atom. The Labute approximate surface area is 161 Å². The first kappa shape index (κ1) is 22.5. The highest BCUT2D eigenvalue weighted by Crippen LogP contribution is 2.38. The molecule has 0 bridgehead atoms. The third-order valence-corrected chi connectivity index (χ3v) is 5.94. The lowest BCUT2D eigenvalue weighted by Gasteiger charge is -2.27. The van der Waals surface area contributed by atoms with E-state index < -0.39 is 0 Å². The average molecular weight is 358 g/mol. The first-order valence-electron chi connectivity index (χ1n) is 10.2. The summed E-state index contributed by atoms with van der Waals surface area (Å²) in [4.78, 5) is 14.8. The van der Waals surface area contributed by atoms with E-state index in [4.69, 9.17) is 0 Å². The summed E-state index contributed by atoms with van der Waals surface area (Å²) in [5.74, 6) is 1.54. The lowest BCUT2D eigenvalue weighted by Crippen LogP contribution is -2.21. The lowest BCUT2D eigenvalue weighted by molar-refractivity contribution is -0.117. The molecule has 0 fully saturated rings. The molecule has 0 aromatic carbocycles. The minimum absolute atomic E-state index is 0.243. The number of likely N-dealkylation sites (N-methyl/N-ethyl adjacent to an activating group) is 1. The molecule has 26 heavy (non-hydrogen) atoms. The van der Waals surface area contributed by atoms with Crippen LogP contribution in [0.3, 0.4) is 0 Å². The fourth-order valence-corrected chi connectivity index (χ4v) is 4.02. The number of hydrogen-bond donors (Lipinski definition) is 0. The van der Waals surface area contributed by atoms with Crippen molar-refractivity contribution >= 4 is 5.78 Å². The number of ketones is 1. The summed E-state index contributed by atoms with van der Waals surface area (Å²) >= 11 is 0. The Morgan fingerprint density at radius 3 is 2.38 bits per heavy atom. The van der Waals surface area contributed by atoms with Gasteiger partial charge in [-0.15, -0.1) is 0 Å². The third-order valence-electron chi connectivity index (χ3n) is 5.94. The second kappa shape index (κ2) is 11.2. The number of hydrogen-bond acceptors (Lipinski definition) is 2. The summed E-state index contributed by atoms with van der Waals surface area (Å²) in [6.07, 6.45) is 14.0. The Bertz CT molecular complexity index is 551. The molecule has 0 heterocycles. The highest BCUT2D eigenvalue weighted by molar-refractivity contribution is 5.96. The SMILES string of the molecule is C=CC1=C(N(C)C=C)C(=O)CC(CCCCCCC=C(C)C)C(C)C1C. The Kier molecular flexibility index (Phi) is 9.69. The zero-order chi connectivity index (χ0) is 19.7. The Balaban J connectivity index is 2.66. The van der Waals surface area contributed by atoms with E-state index in [0.717, 1.165) is 17.7 Å². The van der Waals surface area contributed by atoms with Crippen LogP contribution in [0.1, 0.15) is 72.6 Å². The van der Waals surface area contributed by atoms with Crippen molar-refractivity contribution in [3.8, 4) is 0 Å². The predicted octanol–water partition coefficient (Wildman–Crippen LogP) is 6.67. The molecule has 0 spiro atoms. The minimum Gasteiger partial charge on any atom is -0.349 e. The van der Waals surface area contributed by atoms with Crippen molar-refractivity contribution in [1.82, 2.24) is 4.90 Å². The fourth-order valence-electron chi connectivity index (χ4n) is 4.02. The van der Waals surface area contributed by atoms with Crippen molar-refractivity contribution in [2.75, 3.05) is 7.05 Å². The molecular weight excluding hydrogens is 318 g/mol. The van der Waals surface area contributed by atoms with Crippen LogP contribution < -0.4 is 0 Å². The second-order valence-corrected chi connectivity index (χ2v) is 8.11. The fraction of sp³-hybridized carbons (Fsp3) is 0.625. The van der Waals surface area contributed by atoms with E-state index in [2.05, 4.69) is 46.9 Å². The first-order valence-corrected chi connectivity index (χ1v) is 10.2. The van der Waals surface area contributed by atoms with Crippen LogP contribution in [0, 0.1) is 17.8 Å². The van der Waals surface area contributed by atoms with Crippen molar-refractivity contribution in [3.63, 3.8) is 0 Å². The number of carbonyl (C=O) groups is 1. The molecule has 2 heteroatoms. The van der Waals surface area contributed by atoms with Gasteiger partial charge in [0.1, 0.15) is 0 Å². The summed E-state index contributed by atoms with van der Waals surface area (Å²) in [6, 6.07) is 0. The molecule has 3 unspecified atom stereocenters. The van der Waals surface area contributed by atoms with E-state index in [1.807, 2.05) is 18.0 Å². The van der Waals surface area contributed by atoms with Crippen LogP contribution in [0.2, 0.25) is 0 Å². The third kappa shape index (κ3) is 6.30. The number of nitrogens with zero attached hydrogens (tertiary/aromatic N) is 1. The van der Waals surface area contributed by atoms with Crippen LogP contribution in [0.5, 0.6) is 0 Å². The molecule has 1 rings (SSSR count). The molecule has 0 aliphatic heterocycles. The lowest BCUT2D eigenvalue weighted by atomic mass is 9.78. The maximum Gasteiger partial charge on any atom is 0.179 e. The minimum atomic E-state index is 0.243. The summed E-state index contributed by atoms with van der Waals surface area (Å²) in [5, 5.41) is 0. The molecule has 1 aliphatic rings. The summed E-state index contributed by atoms with van der Waals surface area (Å²) in [7, 11) is 1.91. The van der Waals surface area contributed by atoms with Gasteiger partial charge in [-0.25, -0.2) is 0 Å². The van der Waals surface area contributed by atoms with E-state index in [0.29, 0.717) is 24.2 Å². The van der Waals surface area contributed by atoms with Gasteiger partial charge in [-0.05, 0) is 62.6 Å². The highest BCUT2D eigenvalue weighted by Gasteiger charge is 2.34. The van der Waals surface area contributed by atoms with Gasteiger partial charge >= 0.3 is 0 Å². The van der Waals surface area contributed by atoms with Crippen molar-refractivity contribution < 1.29 is 4.79 Å². The van der Waals surface area contributed by atoms with E-state index in [1.165, 1.54) is 37.7 Å². The molecule has 3 atom stereocenters. The zero-order valence-corrected chi connectivity index (χ0v) is 17.7. The van der Waals surface area contributed by atoms with Gasteiger partial charge in [0.25, 0.3) is 0 Å². The maximum atomic E-state index is 12.9.